The molecule has 3 unspecified atom stereocenters. The Hall–Kier alpha value is -0.290. The van der Waals surface area contributed by atoms with Crippen molar-refractivity contribution >= 4 is 0 Å². The molecule has 2 nitrogen and oxygen atoms in total. The van der Waals surface area contributed by atoms with Crippen LogP contribution in [0.15, 0.2) is 0 Å². The zero-order valence-corrected chi connectivity index (χ0v) is 11.2. The van der Waals surface area contributed by atoms with Gasteiger partial charge in [-0.1, -0.05) is 20.3 Å². The van der Waals surface area contributed by atoms with Crippen molar-refractivity contribution in [2.24, 2.45) is 5.92 Å². The van der Waals surface area contributed by atoms with Crippen LogP contribution in [0.3, 0.4) is 0 Å². The van der Waals surface area contributed by atoms with Gasteiger partial charge in [0.25, 0.3) is 0 Å². The van der Waals surface area contributed by atoms with Crippen LogP contribution < -0.4 is 0 Å². The van der Waals surface area contributed by atoms with Gasteiger partial charge in [-0.05, 0) is 32.2 Å². The molecule has 0 amide bonds. The smallest absolute Gasteiger partial charge is 0.391 e. The summed E-state index contributed by atoms with van der Waals surface area (Å²) in [5.74, 6) is -1.23. The number of piperidine rings is 1. The van der Waals surface area contributed by atoms with E-state index in [0.717, 1.165) is 6.42 Å². The molecule has 0 saturated carbocycles. The maximum Gasteiger partial charge on any atom is 0.393 e. The largest absolute Gasteiger partial charge is 0.393 e. The molecular formula is C13H24F3NO. The Kier molecular flexibility index (Phi) is 5.92. The van der Waals surface area contributed by atoms with Gasteiger partial charge in [0.05, 0.1) is 12.0 Å². The number of rotatable bonds is 5. The van der Waals surface area contributed by atoms with E-state index < -0.39 is 18.2 Å². The van der Waals surface area contributed by atoms with Crippen molar-refractivity contribution in [2.75, 3.05) is 13.1 Å². The lowest BCUT2D eigenvalue weighted by Gasteiger charge is -2.40. The molecule has 0 bridgehead atoms. The third-order valence-corrected chi connectivity index (χ3v) is 3.83. The summed E-state index contributed by atoms with van der Waals surface area (Å²) in [6.07, 6.45) is -1.61. The number of halogens is 3. The number of hydrogen-bond donors (Lipinski definition) is 1. The minimum Gasteiger partial charge on any atom is -0.391 e. The topological polar surface area (TPSA) is 23.5 Å². The first kappa shape index (κ1) is 15.8. The maximum atomic E-state index is 12.7. The molecule has 1 saturated heterocycles. The van der Waals surface area contributed by atoms with Gasteiger partial charge in [0.15, 0.2) is 0 Å². The molecule has 1 fully saturated rings. The van der Waals surface area contributed by atoms with Crippen LogP contribution in [0, 0.1) is 5.92 Å². The number of aliphatic hydroxyl groups excluding tert-OH is 1. The van der Waals surface area contributed by atoms with Crippen molar-refractivity contribution in [3.63, 3.8) is 0 Å². The molecule has 0 spiro atoms. The number of alkyl halides is 3. The summed E-state index contributed by atoms with van der Waals surface area (Å²) in [5, 5.41) is 10.0. The Morgan fingerprint density at radius 3 is 2.50 bits per heavy atom. The van der Waals surface area contributed by atoms with E-state index in [0.29, 0.717) is 25.8 Å². The Labute approximate surface area is 107 Å². The number of nitrogens with zero attached hydrogens (tertiary/aromatic N) is 1. The first-order valence-corrected chi connectivity index (χ1v) is 6.89. The zero-order chi connectivity index (χ0) is 13.8. The van der Waals surface area contributed by atoms with Gasteiger partial charge < -0.3 is 5.11 Å². The summed E-state index contributed by atoms with van der Waals surface area (Å²) >= 11 is 0. The molecule has 1 N–H and O–H groups in total. The molecular weight excluding hydrogens is 243 g/mol. The van der Waals surface area contributed by atoms with Crippen LogP contribution in [-0.4, -0.2) is 41.4 Å². The van der Waals surface area contributed by atoms with Crippen molar-refractivity contribution in [2.45, 2.75) is 64.3 Å². The van der Waals surface area contributed by atoms with Crippen LogP contribution in [0.2, 0.25) is 0 Å². The fraction of sp³-hybridized carbons (Fsp3) is 1.00. The standard InChI is InChI=1S/C13H24F3NO/c1-3-6-12(18)11(4-2)17-8-5-7-10(9-17)13(14,15)16/h10-12,18H,3-9H2,1-2H3. The van der Waals surface area contributed by atoms with Crippen LogP contribution in [0.4, 0.5) is 13.2 Å². The third-order valence-electron chi connectivity index (χ3n) is 3.83. The highest BCUT2D eigenvalue weighted by molar-refractivity contribution is 4.85. The summed E-state index contributed by atoms with van der Waals surface area (Å²) in [6.45, 7) is 4.63. The van der Waals surface area contributed by atoms with Gasteiger partial charge in [-0.3, -0.25) is 4.90 Å². The monoisotopic (exact) mass is 267 g/mol. The summed E-state index contributed by atoms with van der Waals surface area (Å²) in [5.41, 5.74) is 0. The van der Waals surface area contributed by atoms with Gasteiger partial charge in [0, 0.05) is 12.6 Å². The van der Waals surface area contributed by atoms with E-state index in [1.165, 1.54) is 0 Å². The van der Waals surface area contributed by atoms with Crippen LogP contribution in [0.1, 0.15) is 46.0 Å². The van der Waals surface area contributed by atoms with Crippen molar-refractivity contribution < 1.29 is 18.3 Å². The highest BCUT2D eigenvalue weighted by atomic mass is 19.4. The number of aliphatic hydroxyl groups is 1. The predicted molar refractivity (Wildman–Crippen MR) is 65.3 cm³/mol. The molecule has 1 rings (SSSR count). The molecule has 0 aliphatic carbocycles. The Morgan fingerprint density at radius 1 is 1.33 bits per heavy atom. The van der Waals surface area contributed by atoms with Gasteiger partial charge in [-0.15, -0.1) is 0 Å². The van der Waals surface area contributed by atoms with Crippen LogP contribution in [0.25, 0.3) is 0 Å². The van der Waals surface area contributed by atoms with Crippen LogP contribution >= 0.6 is 0 Å². The van der Waals surface area contributed by atoms with E-state index >= 15 is 0 Å². The maximum absolute atomic E-state index is 12.7. The average Bonchev–Trinajstić information content (AvgIpc) is 2.29. The highest BCUT2D eigenvalue weighted by Crippen LogP contribution is 2.34. The minimum absolute atomic E-state index is 0.0444. The predicted octanol–water partition coefficient (Wildman–Crippen LogP) is 3.20. The average molecular weight is 267 g/mol. The second kappa shape index (κ2) is 6.75. The third kappa shape index (κ3) is 4.12. The highest BCUT2D eigenvalue weighted by Gasteiger charge is 2.43. The van der Waals surface area contributed by atoms with Crippen molar-refractivity contribution in [1.82, 2.24) is 4.90 Å². The Balaban J connectivity index is 2.63. The van der Waals surface area contributed by atoms with E-state index in [1.54, 1.807) is 0 Å². The molecule has 1 heterocycles. The SMILES string of the molecule is CCCC(O)C(CC)N1CCCC(C(F)(F)F)C1. The molecule has 1 aliphatic heterocycles. The fourth-order valence-corrected chi connectivity index (χ4v) is 2.84. The van der Waals surface area contributed by atoms with Crippen molar-refractivity contribution in [3.05, 3.63) is 0 Å². The van der Waals surface area contributed by atoms with E-state index in [2.05, 4.69) is 0 Å². The quantitative estimate of drug-likeness (QED) is 0.827. The minimum atomic E-state index is -4.10. The molecule has 0 aromatic heterocycles. The van der Waals surface area contributed by atoms with Gasteiger partial charge in [-0.2, -0.15) is 13.2 Å². The summed E-state index contributed by atoms with van der Waals surface area (Å²) in [7, 11) is 0. The lowest BCUT2D eigenvalue weighted by Crippen LogP contribution is -2.50. The molecule has 0 radical (unpaired) electrons. The first-order valence-electron chi connectivity index (χ1n) is 6.89. The lowest BCUT2D eigenvalue weighted by atomic mass is 9.93. The zero-order valence-electron chi connectivity index (χ0n) is 11.2. The van der Waals surface area contributed by atoms with Crippen molar-refractivity contribution in [1.29, 1.82) is 0 Å². The molecule has 0 aromatic carbocycles. The summed E-state index contributed by atoms with van der Waals surface area (Å²) in [4.78, 5) is 1.84. The molecule has 18 heavy (non-hydrogen) atoms. The molecule has 1 aliphatic rings. The van der Waals surface area contributed by atoms with E-state index in [9.17, 15) is 18.3 Å². The Bertz CT molecular complexity index is 245. The first-order chi connectivity index (χ1) is 8.40. The summed E-state index contributed by atoms with van der Waals surface area (Å²) in [6, 6.07) is -0.130. The van der Waals surface area contributed by atoms with Gasteiger partial charge in [0.1, 0.15) is 0 Å². The van der Waals surface area contributed by atoms with E-state index in [-0.39, 0.29) is 19.0 Å². The van der Waals surface area contributed by atoms with Crippen LogP contribution in [0.5, 0.6) is 0 Å². The normalized spacial score (nSPS) is 26.0. The van der Waals surface area contributed by atoms with Gasteiger partial charge in [-0.25, -0.2) is 0 Å². The number of likely N-dealkylation sites (tertiary alicyclic amines) is 1. The van der Waals surface area contributed by atoms with E-state index in [1.807, 2.05) is 18.7 Å². The summed E-state index contributed by atoms with van der Waals surface area (Å²) < 4.78 is 38.2. The van der Waals surface area contributed by atoms with E-state index in [4.69, 9.17) is 0 Å². The fourth-order valence-electron chi connectivity index (χ4n) is 2.84. The Morgan fingerprint density at radius 2 is 2.00 bits per heavy atom. The molecule has 0 aromatic rings. The van der Waals surface area contributed by atoms with Gasteiger partial charge in [0.2, 0.25) is 0 Å². The molecule has 3 atom stereocenters. The van der Waals surface area contributed by atoms with Crippen molar-refractivity contribution in [3.8, 4) is 0 Å². The number of hydrogen-bond acceptors (Lipinski definition) is 2. The lowest BCUT2D eigenvalue weighted by molar-refractivity contribution is -0.190. The van der Waals surface area contributed by atoms with Gasteiger partial charge >= 0.3 is 6.18 Å². The molecule has 5 heteroatoms. The second-order valence-corrected chi connectivity index (χ2v) is 5.21. The van der Waals surface area contributed by atoms with Crippen LogP contribution in [-0.2, 0) is 0 Å². The molecule has 108 valence electrons. The second-order valence-electron chi connectivity index (χ2n) is 5.21.